The molecule has 0 radical (unpaired) electrons. The van der Waals surface area contributed by atoms with Crippen LogP contribution in [0.5, 0.6) is 11.6 Å². The van der Waals surface area contributed by atoms with Gasteiger partial charge in [-0.1, -0.05) is 17.7 Å². The van der Waals surface area contributed by atoms with Gasteiger partial charge < -0.3 is 10.5 Å². The largest absolute Gasteiger partial charge is 0.436 e. The summed E-state index contributed by atoms with van der Waals surface area (Å²) in [6, 6.07) is 5.50. The van der Waals surface area contributed by atoms with Crippen molar-refractivity contribution in [1.82, 2.24) is 9.97 Å². The first kappa shape index (κ1) is 12.1. The lowest BCUT2D eigenvalue weighted by Crippen LogP contribution is -1.97. The molecule has 1 heterocycles. The number of ether oxygens (including phenoxy) is 1. The highest BCUT2D eigenvalue weighted by atomic mass is 79.9. The van der Waals surface area contributed by atoms with E-state index < -0.39 is 0 Å². The minimum absolute atomic E-state index is 0.145. The summed E-state index contributed by atoms with van der Waals surface area (Å²) >= 11 is 9.33. The van der Waals surface area contributed by atoms with Gasteiger partial charge in [-0.05, 0) is 40.5 Å². The molecule has 0 saturated carbocycles. The van der Waals surface area contributed by atoms with Gasteiger partial charge in [0, 0.05) is 0 Å². The van der Waals surface area contributed by atoms with Crippen LogP contribution in [0.15, 0.2) is 28.9 Å². The fraction of sp³-hybridized carbons (Fsp3) is 0.0909. The topological polar surface area (TPSA) is 61.0 Å². The van der Waals surface area contributed by atoms with Crippen LogP contribution in [0.3, 0.4) is 0 Å². The number of halogens is 2. The lowest BCUT2D eigenvalue weighted by Gasteiger charge is -2.08. The summed E-state index contributed by atoms with van der Waals surface area (Å²) < 4.78 is 6.18. The number of nitrogen functional groups attached to an aromatic ring is 1. The predicted octanol–water partition coefficient (Wildman–Crippen LogP) is 3.58. The number of hydrogen-bond donors (Lipinski definition) is 1. The molecular weight excluding hydrogens is 305 g/mol. The van der Waals surface area contributed by atoms with Gasteiger partial charge >= 0.3 is 0 Å². The van der Waals surface area contributed by atoms with Crippen molar-refractivity contribution < 1.29 is 4.74 Å². The predicted molar refractivity (Wildman–Crippen MR) is 70.4 cm³/mol. The molecule has 2 aromatic rings. The molecule has 88 valence electrons. The summed E-state index contributed by atoms with van der Waals surface area (Å²) in [6.45, 7) is 1.95. The second-order valence-corrected chi connectivity index (χ2v) is 4.68. The SMILES string of the molecule is Cc1ccc(Oc2nc(N)ncc2Br)c(Cl)c1. The van der Waals surface area contributed by atoms with Crippen LogP contribution in [0.1, 0.15) is 5.56 Å². The highest BCUT2D eigenvalue weighted by Crippen LogP contribution is 2.32. The molecule has 0 fully saturated rings. The lowest BCUT2D eigenvalue weighted by atomic mass is 10.2. The van der Waals surface area contributed by atoms with Crippen molar-refractivity contribution >= 4 is 33.5 Å². The van der Waals surface area contributed by atoms with Crippen LogP contribution in [0.2, 0.25) is 5.02 Å². The Kier molecular flexibility index (Phi) is 3.49. The molecule has 6 heteroatoms. The Labute approximate surface area is 112 Å². The Hall–Kier alpha value is -1.33. The maximum atomic E-state index is 6.06. The van der Waals surface area contributed by atoms with Gasteiger partial charge in [-0.3, -0.25) is 0 Å². The van der Waals surface area contributed by atoms with E-state index in [9.17, 15) is 0 Å². The number of benzene rings is 1. The number of nitrogens with two attached hydrogens (primary N) is 1. The quantitative estimate of drug-likeness (QED) is 0.920. The molecule has 2 rings (SSSR count). The molecule has 1 aromatic carbocycles. The number of aryl methyl sites for hydroxylation is 1. The molecule has 17 heavy (non-hydrogen) atoms. The molecule has 1 aromatic heterocycles. The zero-order valence-corrected chi connectivity index (χ0v) is 11.3. The van der Waals surface area contributed by atoms with Crippen LogP contribution in [0.4, 0.5) is 5.95 Å². The highest BCUT2D eigenvalue weighted by molar-refractivity contribution is 9.10. The molecule has 4 nitrogen and oxygen atoms in total. The monoisotopic (exact) mass is 313 g/mol. The fourth-order valence-corrected chi connectivity index (χ4v) is 1.77. The van der Waals surface area contributed by atoms with Crippen molar-refractivity contribution in [3.05, 3.63) is 39.5 Å². The van der Waals surface area contributed by atoms with Crippen molar-refractivity contribution in [3.8, 4) is 11.6 Å². The molecule has 0 amide bonds. The van der Waals surface area contributed by atoms with E-state index in [1.807, 2.05) is 19.1 Å². The molecular formula is C11H9BrClN3O. The first-order valence-corrected chi connectivity index (χ1v) is 5.95. The van der Waals surface area contributed by atoms with Gasteiger partial charge in [-0.2, -0.15) is 4.98 Å². The lowest BCUT2D eigenvalue weighted by molar-refractivity contribution is 0.459. The van der Waals surface area contributed by atoms with Crippen LogP contribution in [0, 0.1) is 6.92 Å². The number of anilines is 1. The third kappa shape index (κ3) is 2.87. The van der Waals surface area contributed by atoms with E-state index in [2.05, 4.69) is 25.9 Å². The standard InChI is InChI=1S/C11H9BrClN3O/c1-6-2-3-9(8(13)4-6)17-10-7(12)5-15-11(14)16-10/h2-5H,1H3,(H2,14,15,16). The van der Waals surface area contributed by atoms with Crippen molar-refractivity contribution in [3.63, 3.8) is 0 Å². The van der Waals surface area contributed by atoms with Gasteiger partial charge in [0.05, 0.1) is 15.7 Å². The zero-order chi connectivity index (χ0) is 12.4. The van der Waals surface area contributed by atoms with Gasteiger partial charge in [-0.15, -0.1) is 0 Å². The van der Waals surface area contributed by atoms with E-state index in [0.29, 0.717) is 21.1 Å². The van der Waals surface area contributed by atoms with Crippen molar-refractivity contribution in [2.45, 2.75) is 6.92 Å². The maximum Gasteiger partial charge on any atom is 0.238 e. The van der Waals surface area contributed by atoms with Crippen molar-refractivity contribution in [2.75, 3.05) is 5.73 Å². The molecule has 0 aliphatic carbocycles. The van der Waals surface area contributed by atoms with Crippen molar-refractivity contribution in [1.29, 1.82) is 0 Å². The second kappa shape index (κ2) is 4.89. The Morgan fingerprint density at radius 3 is 2.88 bits per heavy atom. The second-order valence-electron chi connectivity index (χ2n) is 3.42. The van der Waals surface area contributed by atoms with Gasteiger partial charge in [0.1, 0.15) is 5.75 Å². The molecule has 0 atom stereocenters. The normalized spacial score (nSPS) is 10.3. The summed E-state index contributed by atoms with van der Waals surface area (Å²) in [5.74, 6) is 1.01. The third-order valence-electron chi connectivity index (χ3n) is 2.02. The highest BCUT2D eigenvalue weighted by Gasteiger charge is 2.08. The van der Waals surface area contributed by atoms with Gasteiger partial charge in [0.2, 0.25) is 11.8 Å². The summed E-state index contributed by atoms with van der Waals surface area (Å²) in [7, 11) is 0. The average molecular weight is 315 g/mol. The molecule has 0 aliphatic heterocycles. The third-order valence-corrected chi connectivity index (χ3v) is 2.86. The first-order chi connectivity index (χ1) is 8.06. The van der Waals surface area contributed by atoms with E-state index in [0.717, 1.165) is 5.56 Å². The van der Waals surface area contributed by atoms with Crippen LogP contribution in [-0.2, 0) is 0 Å². The number of hydrogen-bond acceptors (Lipinski definition) is 4. The minimum Gasteiger partial charge on any atom is -0.436 e. The van der Waals surface area contributed by atoms with Crippen LogP contribution < -0.4 is 10.5 Å². The van der Waals surface area contributed by atoms with Gasteiger partial charge in [0.25, 0.3) is 0 Å². The smallest absolute Gasteiger partial charge is 0.238 e. The number of aromatic nitrogens is 2. The molecule has 0 unspecified atom stereocenters. The Morgan fingerprint density at radius 2 is 2.18 bits per heavy atom. The molecule has 2 N–H and O–H groups in total. The Balaban J connectivity index is 2.34. The van der Waals surface area contributed by atoms with E-state index in [1.54, 1.807) is 6.07 Å². The summed E-state index contributed by atoms with van der Waals surface area (Å²) in [4.78, 5) is 7.79. The average Bonchev–Trinajstić information content (AvgIpc) is 2.27. The van der Waals surface area contributed by atoms with Crippen LogP contribution >= 0.6 is 27.5 Å². The Morgan fingerprint density at radius 1 is 1.41 bits per heavy atom. The van der Waals surface area contributed by atoms with Crippen molar-refractivity contribution in [2.24, 2.45) is 0 Å². The van der Waals surface area contributed by atoms with Gasteiger partial charge in [-0.25, -0.2) is 4.98 Å². The summed E-state index contributed by atoms with van der Waals surface area (Å²) in [5, 5.41) is 0.522. The molecule has 0 aliphatic rings. The molecule has 0 spiro atoms. The van der Waals surface area contributed by atoms with E-state index in [4.69, 9.17) is 22.1 Å². The molecule has 0 bridgehead atoms. The number of nitrogens with zero attached hydrogens (tertiary/aromatic N) is 2. The van der Waals surface area contributed by atoms with E-state index in [-0.39, 0.29) is 5.95 Å². The summed E-state index contributed by atoms with van der Waals surface area (Å²) in [5.41, 5.74) is 6.55. The first-order valence-electron chi connectivity index (χ1n) is 4.78. The minimum atomic E-state index is 0.145. The van der Waals surface area contributed by atoms with Crippen LogP contribution in [0.25, 0.3) is 0 Å². The maximum absolute atomic E-state index is 6.06. The number of rotatable bonds is 2. The molecule has 0 saturated heterocycles. The van der Waals surface area contributed by atoms with E-state index in [1.165, 1.54) is 6.20 Å². The van der Waals surface area contributed by atoms with Gasteiger partial charge in [0.15, 0.2) is 0 Å². The van der Waals surface area contributed by atoms with Crippen LogP contribution in [-0.4, -0.2) is 9.97 Å². The fourth-order valence-electron chi connectivity index (χ4n) is 1.23. The van der Waals surface area contributed by atoms with E-state index >= 15 is 0 Å². The zero-order valence-electron chi connectivity index (χ0n) is 8.95. The summed E-state index contributed by atoms with van der Waals surface area (Å²) in [6.07, 6.45) is 1.53. The Bertz CT molecular complexity index is 562.